The van der Waals surface area contributed by atoms with E-state index in [4.69, 9.17) is 0 Å². The van der Waals surface area contributed by atoms with Crippen molar-refractivity contribution in [3.05, 3.63) is 11.9 Å². The maximum atomic E-state index is 11.7. The van der Waals surface area contributed by atoms with Crippen molar-refractivity contribution in [3.8, 4) is 0 Å². The molecule has 1 aromatic rings. The number of likely N-dealkylation sites (tertiary alicyclic amines) is 1. The van der Waals surface area contributed by atoms with Crippen LogP contribution in [0, 0.1) is 0 Å². The van der Waals surface area contributed by atoms with E-state index < -0.39 is 0 Å². The monoisotopic (exact) mass is 237 g/mol. The number of rotatable bonds is 4. The number of aryl methyl sites for hydroxylation is 1. The summed E-state index contributed by atoms with van der Waals surface area (Å²) in [4.78, 5) is 14.0. The van der Waals surface area contributed by atoms with Gasteiger partial charge in [0.1, 0.15) is 0 Å². The van der Waals surface area contributed by atoms with Crippen molar-refractivity contribution >= 4 is 5.91 Å². The summed E-state index contributed by atoms with van der Waals surface area (Å²) in [6.45, 7) is 2.13. The van der Waals surface area contributed by atoms with Gasteiger partial charge in [0.05, 0.1) is 11.9 Å². The molecular weight excluding hydrogens is 218 g/mol. The van der Waals surface area contributed by atoms with E-state index in [2.05, 4.69) is 32.7 Å². The number of carbonyl (C=O) groups is 1. The standard InChI is InChI=1S/C11H19N5O/c1-16-6-4-9(5-7-16)13-11(17)3-2-10-8-12-15-14-10/h8-9H,2-7H2,1H3,(H,13,17)(H,12,14,15). The molecule has 0 aromatic carbocycles. The number of carbonyl (C=O) groups excluding carboxylic acids is 1. The Morgan fingerprint density at radius 2 is 2.35 bits per heavy atom. The van der Waals surface area contributed by atoms with E-state index in [0.29, 0.717) is 18.9 Å². The molecule has 0 aliphatic carbocycles. The molecule has 1 aliphatic heterocycles. The second-order valence-electron chi connectivity index (χ2n) is 4.61. The molecule has 1 saturated heterocycles. The first-order valence-electron chi connectivity index (χ1n) is 6.06. The molecule has 2 N–H and O–H groups in total. The maximum Gasteiger partial charge on any atom is 0.220 e. The predicted molar refractivity (Wildman–Crippen MR) is 63.4 cm³/mol. The topological polar surface area (TPSA) is 73.9 Å². The molecule has 2 heterocycles. The summed E-state index contributed by atoms with van der Waals surface area (Å²) in [5.74, 6) is 0.113. The number of hydrogen-bond donors (Lipinski definition) is 2. The SMILES string of the molecule is CN1CCC(NC(=O)CCc2cn[nH]n2)CC1. The third-order valence-corrected chi connectivity index (χ3v) is 3.16. The van der Waals surface area contributed by atoms with Crippen LogP contribution in [0.15, 0.2) is 6.20 Å². The average Bonchev–Trinajstić information content (AvgIpc) is 2.83. The molecule has 2 rings (SSSR count). The molecule has 1 amide bonds. The zero-order valence-corrected chi connectivity index (χ0v) is 10.1. The molecule has 0 unspecified atom stereocenters. The fourth-order valence-corrected chi connectivity index (χ4v) is 2.04. The third-order valence-electron chi connectivity index (χ3n) is 3.16. The van der Waals surface area contributed by atoms with Crippen LogP contribution in [0.3, 0.4) is 0 Å². The predicted octanol–water partition coefficient (Wildman–Crippen LogP) is -0.0523. The summed E-state index contributed by atoms with van der Waals surface area (Å²) < 4.78 is 0. The second-order valence-corrected chi connectivity index (χ2v) is 4.61. The fraction of sp³-hybridized carbons (Fsp3) is 0.727. The maximum absolute atomic E-state index is 11.7. The smallest absolute Gasteiger partial charge is 0.220 e. The first-order valence-corrected chi connectivity index (χ1v) is 6.06. The Labute approximate surface area is 101 Å². The van der Waals surface area contributed by atoms with Gasteiger partial charge in [-0.05, 0) is 33.0 Å². The first-order chi connectivity index (χ1) is 8.24. The number of H-pyrrole nitrogens is 1. The van der Waals surface area contributed by atoms with Crippen LogP contribution in [0.5, 0.6) is 0 Å². The van der Waals surface area contributed by atoms with E-state index in [0.717, 1.165) is 31.6 Å². The Bertz CT molecular complexity index is 343. The van der Waals surface area contributed by atoms with Gasteiger partial charge >= 0.3 is 0 Å². The van der Waals surface area contributed by atoms with Crippen molar-refractivity contribution in [2.24, 2.45) is 0 Å². The van der Waals surface area contributed by atoms with E-state index in [-0.39, 0.29) is 5.91 Å². The van der Waals surface area contributed by atoms with Gasteiger partial charge in [0.25, 0.3) is 0 Å². The van der Waals surface area contributed by atoms with E-state index in [1.54, 1.807) is 6.20 Å². The van der Waals surface area contributed by atoms with Crippen molar-refractivity contribution in [2.75, 3.05) is 20.1 Å². The van der Waals surface area contributed by atoms with Gasteiger partial charge in [0.2, 0.25) is 5.91 Å². The highest BCUT2D eigenvalue weighted by atomic mass is 16.1. The van der Waals surface area contributed by atoms with E-state index in [1.807, 2.05) is 0 Å². The van der Waals surface area contributed by atoms with Crippen LogP contribution in [-0.2, 0) is 11.2 Å². The summed E-state index contributed by atoms with van der Waals surface area (Å²) in [5.41, 5.74) is 0.837. The molecule has 0 saturated carbocycles. The van der Waals surface area contributed by atoms with Crippen molar-refractivity contribution in [2.45, 2.75) is 31.7 Å². The normalized spacial score (nSPS) is 18.2. The molecule has 6 nitrogen and oxygen atoms in total. The van der Waals surface area contributed by atoms with Crippen LogP contribution in [-0.4, -0.2) is 52.4 Å². The van der Waals surface area contributed by atoms with Gasteiger partial charge in [-0.2, -0.15) is 15.4 Å². The summed E-state index contributed by atoms with van der Waals surface area (Å²) in [6, 6.07) is 0.344. The number of nitrogens with zero attached hydrogens (tertiary/aromatic N) is 3. The van der Waals surface area contributed by atoms with E-state index in [1.165, 1.54) is 0 Å². The van der Waals surface area contributed by atoms with Gasteiger partial charge < -0.3 is 10.2 Å². The summed E-state index contributed by atoms with van der Waals surface area (Å²) in [6.07, 6.45) is 4.88. The Hall–Kier alpha value is -1.43. The highest BCUT2D eigenvalue weighted by molar-refractivity contribution is 5.76. The number of aromatic amines is 1. The molecule has 0 radical (unpaired) electrons. The zero-order valence-electron chi connectivity index (χ0n) is 10.1. The van der Waals surface area contributed by atoms with Gasteiger partial charge in [-0.25, -0.2) is 0 Å². The highest BCUT2D eigenvalue weighted by Crippen LogP contribution is 2.08. The molecule has 1 aromatic heterocycles. The van der Waals surface area contributed by atoms with E-state index >= 15 is 0 Å². The van der Waals surface area contributed by atoms with Crippen LogP contribution < -0.4 is 5.32 Å². The van der Waals surface area contributed by atoms with E-state index in [9.17, 15) is 4.79 Å². The van der Waals surface area contributed by atoms with Crippen LogP contribution in [0.2, 0.25) is 0 Å². The minimum absolute atomic E-state index is 0.113. The van der Waals surface area contributed by atoms with Gasteiger partial charge in [0.15, 0.2) is 0 Å². The molecule has 0 atom stereocenters. The Morgan fingerprint density at radius 3 is 3.00 bits per heavy atom. The number of aromatic nitrogens is 3. The minimum atomic E-state index is 0.113. The van der Waals surface area contributed by atoms with Gasteiger partial charge in [0, 0.05) is 18.9 Å². The summed E-state index contributed by atoms with van der Waals surface area (Å²) in [7, 11) is 2.11. The van der Waals surface area contributed by atoms with Crippen LogP contribution in [0.25, 0.3) is 0 Å². The van der Waals surface area contributed by atoms with Crippen molar-refractivity contribution in [3.63, 3.8) is 0 Å². The lowest BCUT2D eigenvalue weighted by Crippen LogP contribution is -2.43. The quantitative estimate of drug-likeness (QED) is 0.770. The van der Waals surface area contributed by atoms with Crippen molar-refractivity contribution in [1.29, 1.82) is 0 Å². The zero-order chi connectivity index (χ0) is 12.1. The van der Waals surface area contributed by atoms with Crippen molar-refractivity contribution < 1.29 is 4.79 Å². The Morgan fingerprint density at radius 1 is 1.59 bits per heavy atom. The largest absolute Gasteiger partial charge is 0.353 e. The summed E-state index contributed by atoms with van der Waals surface area (Å²) in [5, 5.41) is 13.3. The Kier molecular flexibility index (Phi) is 4.08. The van der Waals surface area contributed by atoms with Crippen molar-refractivity contribution in [1.82, 2.24) is 25.6 Å². The molecular formula is C11H19N5O. The van der Waals surface area contributed by atoms with Crippen LogP contribution >= 0.6 is 0 Å². The molecule has 1 aliphatic rings. The lowest BCUT2D eigenvalue weighted by Gasteiger charge is -2.29. The fourth-order valence-electron chi connectivity index (χ4n) is 2.04. The molecule has 1 fully saturated rings. The van der Waals surface area contributed by atoms with Gasteiger partial charge in [-0.15, -0.1) is 0 Å². The molecule has 0 spiro atoms. The number of nitrogens with one attached hydrogen (secondary N) is 2. The van der Waals surface area contributed by atoms with Crippen LogP contribution in [0.4, 0.5) is 0 Å². The van der Waals surface area contributed by atoms with Gasteiger partial charge in [-0.1, -0.05) is 0 Å². The lowest BCUT2D eigenvalue weighted by atomic mass is 10.1. The highest BCUT2D eigenvalue weighted by Gasteiger charge is 2.18. The molecule has 0 bridgehead atoms. The summed E-state index contributed by atoms with van der Waals surface area (Å²) >= 11 is 0. The van der Waals surface area contributed by atoms with Gasteiger partial charge in [-0.3, -0.25) is 4.79 Å². The minimum Gasteiger partial charge on any atom is -0.353 e. The van der Waals surface area contributed by atoms with Crippen LogP contribution in [0.1, 0.15) is 25.0 Å². The average molecular weight is 237 g/mol. The molecule has 6 heteroatoms. The second kappa shape index (κ2) is 5.77. The number of amides is 1. The first kappa shape index (κ1) is 12.0. The number of piperidine rings is 1. The molecule has 94 valence electrons. The molecule has 17 heavy (non-hydrogen) atoms. The number of hydrogen-bond acceptors (Lipinski definition) is 4. The Balaban J connectivity index is 1.67. The lowest BCUT2D eigenvalue weighted by molar-refractivity contribution is -0.122. The third kappa shape index (κ3) is 3.81.